The Morgan fingerprint density at radius 3 is 2.63 bits per heavy atom. The first kappa shape index (κ1) is 21.1. The number of piperazine rings is 1. The molecule has 0 aromatic heterocycles. The molecule has 1 saturated heterocycles. The van der Waals surface area contributed by atoms with Crippen LogP contribution in [0.2, 0.25) is 5.02 Å². The lowest BCUT2D eigenvalue weighted by Gasteiger charge is -2.43. The average Bonchev–Trinajstić information content (AvgIpc) is 2.65. The molecule has 30 heavy (non-hydrogen) atoms. The van der Waals surface area contributed by atoms with Gasteiger partial charge in [0.15, 0.2) is 0 Å². The average molecular weight is 459 g/mol. The van der Waals surface area contributed by atoms with E-state index in [9.17, 15) is 35.9 Å². The second kappa shape index (κ2) is 8.52. The van der Waals surface area contributed by atoms with E-state index in [1.807, 2.05) is 0 Å². The lowest BCUT2D eigenvalue weighted by molar-refractivity contribution is -0.206. The van der Waals surface area contributed by atoms with Crippen molar-refractivity contribution in [1.29, 1.82) is 0 Å². The number of halogens is 7. The van der Waals surface area contributed by atoms with Crippen LogP contribution < -0.4 is 10.6 Å². The molecule has 5 nitrogen and oxygen atoms in total. The number of amides is 3. The lowest BCUT2D eigenvalue weighted by atomic mass is 9.69. The van der Waals surface area contributed by atoms with Gasteiger partial charge >= 0.3 is 12.2 Å². The molecule has 0 unspecified atom stereocenters. The summed E-state index contributed by atoms with van der Waals surface area (Å²) < 4.78 is 88.4. The molecule has 2 atom stereocenters. The van der Waals surface area contributed by atoms with Gasteiger partial charge in [0.1, 0.15) is 29.3 Å². The van der Waals surface area contributed by atoms with Crippen molar-refractivity contribution in [3.05, 3.63) is 34.4 Å². The van der Waals surface area contributed by atoms with E-state index in [0.717, 1.165) is 12.1 Å². The third-order valence-electron chi connectivity index (χ3n) is 5.37. The largest absolute Gasteiger partial charge is 0.391 e. The van der Waals surface area contributed by atoms with Crippen LogP contribution in [-0.4, -0.2) is 48.8 Å². The fraction of sp³-hybridized carbons (Fsp3) is 0.556. The van der Waals surface area contributed by atoms with Crippen LogP contribution in [0.5, 0.6) is 0 Å². The molecule has 0 spiro atoms. The maximum Gasteiger partial charge on any atom is 0.391 e. The molecule has 2 fully saturated rings. The van der Waals surface area contributed by atoms with Gasteiger partial charge in [-0.2, -0.15) is 13.2 Å². The molecular formula is C18H18ClF6N3O2. The molecule has 1 aromatic carbocycles. The van der Waals surface area contributed by atoms with Crippen molar-refractivity contribution in [2.24, 2.45) is 11.8 Å². The van der Waals surface area contributed by atoms with Crippen LogP contribution in [0, 0.1) is 23.5 Å². The predicted molar refractivity (Wildman–Crippen MR) is 94.4 cm³/mol. The summed E-state index contributed by atoms with van der Waals surface area (Å²) in [6.07, 6.45) is -5.34. The zero-order valence-electron chi connectivity index (χ0n) is 16.3. The van der Waals surface area contributed by atoms with Crippen LogP contribution in [0.3, 0.4) is 0 Å². The van der Waals surface area contributed by atoms with Crippen LogP contribution >= 0.6 is 11.6 Å². The predicted octanol–water partition coefficient (Wildman–Crippen LogP) is 3.73. The number of rotatable bonds is 4. The molecule has 3 rings (SSSR count). The molecule has 0 radical (unpaired) electrons. The number of nitrogens with zero attached hydrogens (tertiary/aromatic N) is 1. The molecule has 3 amide bonds. The van der Waals surface area contributed by atoms with Gasteiger partial charge in [-0.25, -0.2) is 18.0 Å². The molecule has 1 aromatic rings. The Morgan fingerprint density at radius 2 is 2.03 bits per heavy atom. The van der Waals surface area contributed by atoms with Gasteiger partial charge in [0.2, 0.25) is 5.91 Å². The van der Waals surface area contributed by atoms with E-state index in [4.69, 9.17) is 13.0 Å². The number of urea groups is 1. The Morgan fingerprint density at radius 1 is 1.37 bits per heavy atom. The molecule has 0 bridgehead atoms. The maximum absolute atomic E-state index is 14.6. The fourth-order valence-electron chi connectivity index (χ4n) is 3.64. The molecule has 1 saturated carbocycles. The van der Waals surface area contributed by atoms with Crippen molar-refractivity contribution in [2.45, 2.75) is 31.1 Å². The molecule has 1 aliphatic carbocycles. The summed E-state index contributed by atoms with van der Waals surface area (Å²) in [6, 6.07) is -3.32. The summed E-state index contributed by atoms with van der Waals surface area (Å²) in [5.41, 5.74) is -0.345. The molecule has 12 heteroatoms. The highest BCUT2D eigenvalue weighted by atomic mass is 35.5. The zero-order valence-corrected chi connectivity index (χ0v) is 16.1. The smallest absolute Gasteiger partial charge is 0.352 e. The van der Waals surface area contributed by atoms with Gasteiger partial charge in [-0.15, -0.1) is 0 Å². The van der Waals surface area contributed by atoms with Gasteiger partial charge in [-0.1, -0.05) is 17.7 Å². The van der Waals surface area contributed by atoms with Crippen LogP contribution in [0.15, 0.2) is 12.1 Å². The lowest BCUT2D eigenvalue weighted by Crippen LogP contribution is -2.61. The second-order valence-corrected chi connectivity index (χ2v) is 7.53. The van der Waals surface area contributed by atoms with E-state index in [2.05, 4.69) is 10.6 Å². The Balaban J connectivity index is 1.90. The Labute approximate surface area is 174 Å². The van der Waals surface area contributed by atoms with Crippen molar-refractivity contribution in [2.75, 3.05) is 19.8 Å². The van der Waals surface area contributed by atoms with Gasteiger partial charge in [-0.3, -0.25) is 4.79 Å². The number of benzene rings is 1. The highest BCUT2D eigenvalue weighted by Crippen LogP contribution is 2.50. The number of carbonyl (C=O) groups is 2. The summed E-state index contributed by atoms with van der Waals surface area (Å²) >= 11 is 5.58. The summed E-state index contributed by atoms with van der Waals surface area (Å²) in [5.74, 6) is -5.94. The fourth-order valence-corrected chi connectivity index (χ4v) is 3.81. The van der Waals surface area contributed by atoms with Gasteiger partial charge in [-0.05, 0) is 24.8 Å². The Bertz CT molecular complexity index is 883. The number of carbonyl (C=O) groups excluding carboxylic acids is 2. The summed E-state index contributed by atoms with van der Waals surface area (Å²) in [7, 11) is 0. The summed E-state index contributed by atoms with van der Waals surface area (Å²) in [5, 5.41) is 3.67. The highest BCUT2D eigenvalue weighted by molar-refractivity contribution is 6.31. The molecule has 2 aliphatic rings. The van der Waals surface area contributed by atoms with Crippen molar-refractivity contribution in [1.82, 2.24) is 15.5 Å². The number of alkyl halides is 4. The quantitative estimate of drug-likeness (QED) is 0.533. The van der Waals surface area contributed by atoms with E-state index >= 15 is 0 Å². The standard InChI is InChI=1S/C18H18ClF6N3O2/c19-13-11(21)2-1-10(14(13)22)15(8-5-9(6-8)18(23,24)25)27-17(30)28-4-3-26-16(29)12(28)7-20/h1-2,8-9,12,15H,3-7H2,(H,26,29)(H,27,30)/t8-,9-,12-,15+/m1/s1/i12D. The SMILES string of the molecule is [2H][C@@]1(CF)C(=O)NCCN1C(=O)N[C@H](c1ccc(F)c(Cl)c1F)[C@H]1C[C@H](C(F)(F)F)C1. The summed E-state index contributed by atoms with van der Waals surface area (Å²) in [6.45, 7) is -1.86. The second-order valence-electron chi connectivity index (χ2n) is 7.15. The van der Waals surface area contributed by atoms with Crippen molar-refractivity contribution in [3.8, 4) is 0 Å². The third-order valence-corrected chi connectivity index (χ3v) is 5.72. The minimum atomic E-state index is -4.47. The molecule has 1 aliphatic heterocycles. The van der Waals surface area contributed by atoms with Gasteiger partial charge < -0.3 is 15.5 Å². The van der Waals surface area contributed by atoms with Crippen molar-refractivity contribution < 1.29 is 37.3 Å². The topological polar surface area (TPSA) is 61.4 Å². The van der Waals surface area contributed by atoms with E-state index in [1.54, 1.807) is 0 Å². The van der Waals surface area contributed by atoms with E-state index < -0.39 is 78.2 Å². The van der Waals surface area contributed by atoms with Crippen molar-refractivity contribution in [3.63, 3.8) is 0 Å². The normalized spacial score (nSPS) is 28.3. The Hall–Kier alpha value is -2.17. The molecule has 1 heterocycles. The highest BCUT2D eigenvalue weighted by Gasteiger charge is 2.51. The Kier molecular flexibility index (Phi) is 5.99. The van der Waals surface area contributed by atoms with Crippen LogP contribution in [-0.2, 0) is 4.79 Å². The van der Waals surface area contributed by atoms with Crippen LogP contribution in [0.4, 0.5) is 31.1 Å². The van der Waals surface area contributed by atoms with E-state index in [-0.39, 0.29) is 18.7 Å². The molecule has 2 N–H and O–H groups in total. The first-order valence-electron chi connectivity index (χ1n) is 9.52. The van der Waals surface area contributed by atoms with Gasteiger partial charge in [0.05, 0.1) is 13.3 Å². The van der Waals surface area contributed by atoms with Crippen LogP contribution in [0.1, 0.15) is 25.8 Å². The number of hydrogen-bond acceptors (Lipinski definition) is 2. The first-order chi connectivity index (χ1) is 14.4. The number of nitrogens with one attached hydrogen (secondary N) is 2. The first-order valence-corrected chi connectivity index (χ1v) is 9.40. The number of hydrogen-bond donors (Lipinski definition) is 2. The zero-order chi connectivity index (χ0) is 23.1. The monoisotopic (exact) mass is 458 g/mol. The third kappa shape index (κ3) is 4.30. The molecular weight excluding hydrogens is 440 g/mol. The van der Waals surface area contributed by atoms with E-state index in [1.165, 1.54) is 0 Å². The minimum Gasteiger partial charge on any atom is -0.352 e. The van der Waals surface area contributed by atoms with Crippen LogP contribution in [0.25, 0.3) is 0 Å². The van der Waals surface area contributed by atoms with Gasteiger partial charge in [0, 0.05) is 18.7 Å². The maximum atomic E-state index is 14.6. The minimum absolute atomic E-state index is 0.0755. The summed E-state index contributed by atoms with van der Waals surface area (Å²) in [4.78, 5) is 25.3. The molecule has 166 valence electrons. The van der Waals surface area contributed by atoms with Crippen molar-refractivity contribution >= 4 is 23.5 Å². The van der Waals surface area contributed by atoms with Gasteiger partial charge in [0.25, 0.3) is 0 Å². The van der Waals surface area contributed by atoms with E-state index in [0.29, 0.717) is 4.90 Å².